The Balaban J connectivity index is 2.83. The lowest BCUT2D eigenvalue weighted by atomic mass is 9.93. The van der Waals surface area contributed by atoms with Gasteiger partial charge in [0.15, 0.2) is 6.61 Å². The monoisotopic (exact) mass is 349 g/mol. The summed E-state index contributed by atoms with van der Waals surface area (Å²) in [6.07, 6.45) is -0.186. The van der Waals surface area contributed by atoms with Gasteiger partial charge in [-0.15, -0.1) is 0 Å². The number of ether oxygens (including phenoxy) is 1. The fourth-order valence-electron chi connectivity index (χ4n) is 2.37. The van der Waals surface area contributed by atoms with Gasteiger partial charge in [-0.2, -0.15) is 0 Å². The molecule has 0 atom stereocenters. The fourth-order valence-corrected chi connectivity index (χ4v) is 2.37. The molecule has 0 saturated heterocycles. The molecule has 0 aliphatic heterocycles. The van der Waals surface area contributed by atoms with E-state index in [0.29, 0.717) is 11.1 Å². The average molecular weight is 349 g/mol. The molecule has 0 heterocycles. The lowest BCUT2D eigenvalue weighted by Gasteiger charge is -2.15. The van der Waals surface area contributed by atoms with Crippen LogP contribution in [0.4, 0.5) is 0 Å². The van der Waals surface area contributed by atoms with Crippen LogP contribution in [-0.2, 0) is 11.2 Å². The number of hydrogen-bond acceptors (Lipinski definition) is 3. The molecule has 4 heteroatoms. The second-order valence-corrected chi connectivity index (χ2v) is 5.99. The third kappa shape index (κ3) is 4.75. The molecule has 4 nitrogen and oxygen atoms in total. The molecule has 0 aliphatic carbocycles. The maximum absolute atomic E-state index is 11.6. The molecule has 0 aliphatic rings. The van der Waals surface area contributed by atoms with Crippen molar-refractivity contribution in [2.24, 2.45) is 0 Å². The summed E-state index contributed by atoms with van der Waals surface area (Å²) in [4.78, 5) is 11.6. The minimum atomic E-state index is -2.89. The quantitative estimate of drug-likeness (QED) is 0.833. The van der Waals surface area contributed by atoms with Crippen molar-refractivity contribution in [3.05, 3.63) is 58.1 Å². The lowest BCUT2D eigenvalue weighted by Crippen LogP contribution is -2.24. The highest BCUT2D eigenvalue weighted by Gasteiger charge is 2.11. The number of aromatic hydroxyl groups is 1. The highest BCUT2D eigenvalue weighted by Crippen LogP contribution is 2.29. The number of carbonyl (C=O) groups is 1. The van der Waals surface area contributed by atoms with Gasteiger partial charge in [0, 0.05) is 15.3 Å². The van der Waals surface area contributed by atoms with Crippen LogP contribution in [-0.4, -0.2) is 24.7 Å². The fraction of sp³-hybridized carbons (Fsp3) is 0.381. The van der Waals surface area contributed by atoms with Crippen molar-refractivity contribution in [1.29, 1.82) is 0 Å². The summed E-state index contributed by atoms with van der Waals surface area (Å²) < 4.78 is 70.0. The molecule has 0 spiro atoms. The number of rotatable bonds is 6. The number of hydrogen-bond donors (Lipinski definition) is 2. The predicted molar refractivity (Wildman–Crippen MR) is 100 cm³/mol. The molecule has 0 aromatic heterocycles. The topological polar surface area (TPSA) is 58.6 Å². The van der Waals surface area contributed by atoms with Gasteiger partial charge in [-0.1, -0.05) is 26.0 Å². The van der Waals surface area contributed by atoms with Crippen molar-refractivity contribution < 1.29 is 25.6 Å². The number of amides is 1. The first-order chi connectivity index (χ1) is 15.1. The Morgan fingerprint density at radius 1 is 1.32 bits per heavy atom. The van der Waals surface area contributed by atoms with Gasteiger partial charge in [0.25, 0.3) is 5.91 Å². The van der Waals surface area contributed by atoms with E-state index >= 15 is 0 Å². The van der Waals surface area contributed by atoms with E-state index in [0.717, 1.165) is 0 Å². The van der Waals surface area contributed by atoms with Crippen LogP contribution in [0.3, 0.4) is 0 Å². The normalized spacial score (nSPS) is 16.5. The van der Waals surface area contributed by atoms with Crippen LogP contribution in [0.1, 0.15) is 58.5 Å². The van der Waals surface area contributed by atoms with Crippen molar-refractivity contribution >= 4 is 5.91 Å². The summed E-state index contributed by atoms with van der Waals surface area (Å²) in [6, 6.07) is 3.32. The first kappa shape index (κ1) is 10.5. The van der Waals surface area contributed by atoms with Crippen molar-refractivity contribution in [3.8, 4) is 11.5 Å². The van der Waals surface area contributed by atoms with Gasteiger partial charge in [-0.25, -0.2) is 0 Å². The molecule has 134 valence electrons. The van der Waals surface area contributed by atoms with Gasteiger partial charge in [0.1, 0.15) is 11.5 Å². The highest BCUT2D eigenvalue weighted by molar-refractivity contribution is 5.77. The summed E-state index contributed by atoms with van der Waals surface area (Å²) in [5.41, 5.74) is -0.157. The molecule has 2 rings (SSSR count). The highest BCUT2D eigenvalue weighted by atomic mass is 16.5. The minimum absolute atomic E-state index is 0.0481. The Kier molecular flexibility index (Phi) is 3.38. The van der Waals surface area contributed by atoms with E-state index < -0.39 is 55.2 Å². The third-order valence-corrected chi connectivity index (χ3v) is 3.80. The standard InChI is InChI=1S/C21H27NO3/c1-13(2)18-10-16(6-7-20(18)23)11-19-14(3)8-17(9-15(19)4)25-12-21(24)22-5/h6-10,13,23H,11-12H2,1-5H3,(H,22,24)/i3D3,4D3,8D,9D. The SMILES string of the molecule is [2H]c1c(OCC(=O)NC)c([2H])c(C([2H])([2H])[2H])c(Cc2ccc(O)c(C(C)C)c2)c1C([2H])([2H])[2H]. The molecule has 2 aromatic carbocycles. The van der Waals surface area contributed by atoms with Gasteiger partial charge in [0.2, 0.25) is 0 Å². The largest absolute Gasteiger partial charge is 0.508 e. The molecule has 1 amide bonds. The van der Waals surface area contributed by atoms with E-state index in [-0.39, 0.29) is 23.7 Å². The smallest absolute Gasteiger partial charge is 0.257 e. The first-order valence-corrected chi connectivity index (χ1v) is 7.91. The van der Waals surface area contributed by atoms with Crippen molar-refractivity contribution in [2.75, 3.05) is 13.7 Å². The van der Waals surface area contributed by atoms with Crippen LogP contribution in [0, 0.1) is 13.7 Å². The van der Waals surface area contributed by atoms with E-state index in [1.807, 2.05) is 13.8 Å². The van der Waals surface area contributed by atoms with Gasteiger partial charge >= 0.3 is 0 Å². The Hall–Kier alpha value is -2.49. The first-order valence-electron chi connectivity index (χ1n) is 11.9. The third-order valence-electron chi connectivity index (χ3n) is 3.80. The zero-order valence-electron chi connectivity index (χ0n) is 22.5. The number of nitrogens with one attached hydrogen (secondary N) is 1. The summed E-state index contributed by atoms with van der Waals surface area (Å²) in [6.45, 7) is -2.65. The molecule has 0 unspecified atom stereocenters. The second-order valence-electron chi connectivity index (χ2n) is 5.99. The molecule has 2 N–H and O–H groups in total. The number of likely N-dealkylation sites (N-methyl/N-ethyl adjacent to an activating group) is 1. The van der Waals surface area contributed by atoms with Crippen LogP contribution in [0.15, 0.2) is 30.3 Å². The summed E-state index contributed by atoms with van der Waals surface area (Å²) in [5, 5.41) is 12.4. The predicted octanol–water partition coefficient (Wildman–Crippen LogP) is 3.85. The minimum Gasteiger partial charge on any atom is -0.508 e. The molecule has 0 radical (unpaired) electrons. The number of carbonyl (C=O) groups excluding carboxylic acids is 1. The molecule has 25 heavy (non-hydrogen) atoms. The van der Waals surface area contributed by atoms with Crippen LogP contribution >= 0.6 is 0 Å². The molecular formula is C21H27NO3. The summed E-state index contributed by atoms with van der Waals surface area (Å²) >= 11 is 0. The maximum Gasteiger partial charge on any atom is 0.257 e. The number of benzene rings is 2. The molecule has 2 aromatic rings. The van der Waals surface area contributed by atoms with Crippen molar-refractivity contribution in [1.82, 2.24) is 5.32 Å². The Morgan fingerprint density at radius 2 is 2.00 bits per heavy atom. The van der Waals surface area contributed by atoms with Gasteiger partial charge in [-0.3, -0.25) is 4.79 Å². The average Bonchev–Trinajstić information content (AvgIpc) is 2.66. The van der Waals surface area contributed by atoms with E-state index in [4.69, 9.17) is 15.7 Å². The van der Waals surface area contributed by atoms with Gasteiger partial charge in [-0.05, 0) is 72.0 Å². The molecule has 0 fully saturated rings. The second kappa shape index (κ2) is 8.06. The van der Waals surface area contributed by atoms with Crippen molar-refractivity contribution in [3.63, 3.8) is 0 Å². The Labute approximate surface area is 161 Å². The molecular weight excluding hydrogens is 314 g/mol. The summed E-state index contributed by atoms with van der Waals surface area (Å²) in [7, 11) is 1.35. The Morgan fingerprint density at radius 3 is 2.56 bits per heavy atom. The number of phenolic OH excluding ortho intramolecular Hbond substituents is 1. The lowest BCUT2D eigenvalue weighted by molar-refractivity contribution is -0.122. The van der Waals surface area contributed by atoms with Crippen LogP contribution in [0.5, 0.6) is 11.5 Å². The summed E-state index contributed by atoms with van der Waals surface area (Å²) in [5.74, 6) is -1.16. The van der Waals surface area contributed by atoms with E-state index in [2.05, 4.69) is 5.32 Å². The van der Waals surface area contributed by atoms with Crippen molar-refractivity contribution in [2.45, 2.75) is 39.9 Å². The molecule has 0 bridgehead atoms. The van der Waals surface area contributed by atoms with E-state index in [1.54, 1.807) is 6.07 Å². The van der Waals surface area contributed by atoms with Crippen LogP contribution in [0.2, 0.25) is 0 Å². The van der Waals surface area contributed by atoms with Crippen LogP contribution < -0.4 is 10.1 Å². The van der Waals surface area contributed by atoms with E-state index in [1.165, 1.54) is 19.2 Å². The zero-order valence-corrected chi connectivity index (χ0v) is 14.5. The van der Waals surface area contributed by atoms with E-state index in [9.17, 15) is 9.90 Å². The zero-order chi connectivity index (χ0) is 25.3. The van der Waals surface area contributed by atoms with Gasteiger partial charge in [0.05, 0.1) is 2.74 Å². The van der Waals surface area contributed by atoms with Crippen LogP contribution in [0.25, 0.3) is 0 Å². The van der Waals surface area contributed by atoms with Gasteiger partial charge < -0.3 is 15.2 Å². The molecule has 0 saturated carbocycles. The maximum atomic E-state index is 11.6. The number of phenols is 1. The Bertz CT molecular complexity index is 1000.